The van der Waals surface area contributed by atoms with Gasteiger partial charge in [-0.2, -0.15) is 0 Å². The first-order chi connectivity index (χ1) is 7.50. The molecule has 0 spiro atoms. The highest BCUT2D eigenvalue weighted by Crippen LogP contribution is 2.12. The van der Waals surface area contributed by atoms with Crippen molar-refractivity contribution in [3.8, 4) is 0 Å². The van der Waals surface area contributed by atoms with Crippen molar-refractivity contribution in [2.24, 2.45) is 5.73 Å². The lowest BCUT2D eigenvalue weighted by Crippen LogP contribution is -2.41. The normalized spacial score (nSPS) is 14.4. The molecule has 1 aromatic carbocycles. The number of carbonyl (C=O) groups is 1. The number of hydrogen-bond acceptors (Lipinski definition) is 3. The predicted molar refractivity (Wildman–Crippen MR) is 63.2 cm³/mol. The van der Waals surface area contributed by atoms with E-state index >= 15 is 0 Å². The molecule has 0 radical (unpaired) electrons. The van der Waals surface area contributed by atoms with Crippen LogP contribution in [0.15, 0.2) is 24.3 Å². The van der Waals surface area contributed by atoms with Gasteiger partial charge in [-0.05, 0) is 19.4 Å². The van der Waals surface area contributed by atoms with Crippen molar-refractivity contribution < 1.29 is 9.90 Å². The van der Waals surface area contributed by atoms with Crippen LogP contribution in [0.2, 0.25) is 0 Å². The van der Waals surface area contributed by atoms with Crippen LogP contribution < -0.4 is 11.1 Å². The summed E-state index contributed by atoms with van der Waals surface area (Å²) < 4.78 is 0. The maximum Gasteiger partial charge on any atom is 0.321 e. The summed E-state index contributed by atoms with van der Waals surface area (Å²) in [6.07, 6.45) is 0. The Morgan fingerprint density at radius 3 is 2.50 bits per heavy atom. The average Bonchev–Trinajstić information content (AvgIpc) is 2.26. The van der Waals surface area contributed by atoms with Crippen LogP contribution in [-0.4, -0.2) is 23.7 Å². The van der Waals surface area contributed by atoms with Crippen LogP contribution in [0.3, 0.4) is 0 Å². The number of hydrogen-bond donors (Lipinski definition) is 3. The van der Waals surface area contributed by atoms with Crippen molar-refractivity contribution >= 4 is 5.97 Å². The van der Waals surface area contributed by atoms with E-state index in [1.165, 1.54) is 5.56 Å². The van der Waals surface area contributed by atoms with Gasteiger partial charge in [-0.15, -0.1) is 0 Å². The maximum atomic E-state index is 10.5. The van der Waals surface area contributed by atoms with E-state index in [4.69, 9.17) is 10.8 Å². The molecule has 1 rings (SSSR count). The Balaban J connectivity index is 2.49. The standard InChI is InChI=1S/C12H18N2O2/c1-8-3-5-10(6-4-8)9(2)14-7-11(13)12(15)16/h3-6,9,11,14H,7,13H2,1-2H3,(H,15,16)/t9-,11?/m1/s1. The summed E-state index contributed by atoms with van der Waals surface area (Å²) >= 11 is 0. The number of benzene rings is 1. The summed E-state index contributed by atoms with van der Waals surface area (Å²) in [4.78, 5) is 10.5. The Kier molecular flexibility index (Phi) is 4.46. The lowest BCUT2D eigenvalue weighted by molar-refractivity contribution is -0.138. The number of nitrogens with two attached hydrogens (primary N) is 1. The molecule has 2 atom stereocenters. The highest BCUT2D eigenvalue weighted by molar-refractivity contribution is 5.73. The molecule has 0 fully saturated rings. The molecular formula is C12H18N2O2. The monoisotopic (exact) mass is 222 g/mol. The molecule has 0 aliphatic rings. The number of aryl methyl sites for hydroxylation is 1. The minimum absolute atomic E-state index is 0.103. The first-order valence-corrected chi connectivity index (χ1v) is 5.29. The fourth-order valence-electron chi connectivity index (χ4n) is 1.36. The molecule has 0 saturated carbocycles. The minimum Gasteiger partial charge on any atom is -0.480 e. The molecule has 0 amide bonds. The number of carboxylic acid groups (broad SMARTS) is 1. The quantitative estimate of drug-likeness (QED) is 0.696. The van der Waals surface area contributed by atoms with Crippen LogP contribution in [0.5, 0.6) is 0 Å². The Bertz CT molecular complexity index is 349. The van der Waals surface area contributed by atoms with E-state index in [-0.39, 0.29) is 12.6 Å². The van der Waals surface area contributed by atoms with Gasteiger partial charge in [0, 0.05) is 12.6 Å². The minimum atomic E-state index is -0.983. The van der Waals surface area contributed by atoms with Crippen molar-refractivity contribution in [1.82, 2.24) is 5.32 Å². The third kappa shape index (κ3) is 3.64. The molecule has 88 valence electrons. The third-order valence-corrected chi connectivity index (χ3v) is 2.54. The Morgan fingerprint density at radius 1 is 1.44 bits per heavy atom. The van der Waals surface area contributed by atoms with Crippen LogP contribution in [0, 0.1) is 6.92 Å². The second-order valence-corrected chi connectivity index (χ2v) is 3.99. The van der Waals surface area contributed by atoms with Crippen LogP contribution in [0.25, 0.3) is 0 Å². The fraction of sp³-hybridized carbons (Fsp3) is 0.417. The molecule has 4 nitrogen and oxygen atoms in total. The second kappa shape index (κ2) is 5.63. The van der Waals surface area contributed by atoms with E-state index in [0.29, 0.717) is 0 Å². The average molecular weight is 222 g/mol. The summed E-state index contributed by atoms with van der Waals surface area (Å²) in [6, 6.07) is 7.37. The zero-order chi connectivity index (χ0) is 12.1. The molecule has 16 heavy (non-hydrogen) atoms. The molecule has 0 aliphatic carbocycles. The van der Waals surface area contributed by atoms with E-state index in [9.17, 15) is 4.79 Å². The van der Waals surface area contributed by atoms with Crippen molar-refractivity contribution in [3.63, 3.8) is 0 Å². The smallest absolute Gasteiger partial charge is 0.321 e. The van der Waals surface area contributed by atoms with Crippen molar-refractivity contribution in [1.29, 1.82) is 0 Å². The van der Waals surface area contributed by atoms with Crippen LogP contribution in [0.4, 0.5) is 0 Å². The van der Waals surface area contributed by atoms with E-state index in [1.807, 2.05) is 38.1 Å². The van der Waals surface area contributed by atoms with Crippen LogP contribution in [-0.2, 0) is 4.79 Å². The first kappa shape index (κ1) is 12.7. The summed E-state index contributed by atoms with van der Waals surface area (Å²) in [5.41, 5.74) is 7.74. The molecule has 4 N–H and O–H groups in total. The first-order valence-electron chi connectivity index (χ1n) is 5.29. The Hall–Kier alpha value is -1.39. The van der Waals surface area contributed by atoms with Gasteiger partial charge in [0.25, 0.3) is 0 Å². The molecular weight excluding hydrogens is 204 g/mol. The number of rotatable bonds is 5. The highest BCUT2D eigenvalue weighted by Gasteiger charge is 2.12. The van der Waals surface area contributed by atoms with Crippen LogP contribution >= 0.6 is 0 Å². The van der Waals surface area contributed by atoms with Gasteiger partial charge in [0.15, 0.2) is 0 Å². The molecule has 0 saturated heterocycles. The largest absolute Gasteiger partial charge is 0.480 e. The zero-order valence-corrected chi connectivity index (χ0v) is 9.60. The van der Waals surface area contributed by atoms with Crippen molar-refractivity contribution in [3.05, 3.63) is 35.4 Å². The van der Waals surface area contributed by atoms with Crippen molar-refractivity contribution in [2.45, 2.75) is 25.9 Å². The molecule has 4 heteroatoms. The highest BCUT2D eigenvalue weighted by atomic mass is 16.4. The summed E-state index contributed by atoms with van der Waals surface area (Å²) in [5.74, 6) is -0.983. The van der Waals surface area contributed by atoms with Crippen LogP contribution in [0.1, 0.15) is 24.1 Å². The van der Waals surface area contributed by atoms with E-state index in [0.717, 1.165) is 5.56 Å². The van der Waals surface area contributed by atoms with E-state index in [1.54, 1.807) is 0 Å². The summed E-state index contributed by atoms with van der Waals surface area (Å²) in [7, 11) is 0. The number of carboxylic acids is 1. The molecule has 0 aromatic heterocycles. The number of nitrogens with one attached hydrogen (secondary N) is 1. The van der Waals surface area contributed by atoms with Gasteiger partial charge in [0.1, 0.15) is 6.04 Å². The predicted octanol–water partition coefficient (Wildman–Crippen LogP) is 1.06. The molecule has 1 unspecified atom stereocenters. The van der Waals surface area contributed by atoms with Gasteiger partial charge in [0.05, 0.1) is 0 Å². The van der Waals surface area contributed by atoms with Gasteiger partial charge in [0.2, 0.25) is 0 Å². The third-order valence-electron chi connectivity index (χ3n) is 2.54. The molecule has 0 bridgehead atoms. The van der Waals surface area contributed by atoms with Gasteiger partial charge >= 0.3 is 5.97 Å². The van der Waals surface area contributed by atoms with E-state index < -0.39 is 12.0 Å². The second-order valence-electron chi connectivity index (χ2n) is 3.99. The Labute approximate surface area is 95.5 Å². The van der Waals surface area contributed by atoms with Gasteiger partial charge in [-0.1, -0.05) is 29.8 Å². The topological polar surface area (TPSA) is 75.3 Å². The fourth-order valence-corrected chi connectivity index (χ4v) is 1.36. The van der Waals surface area contributed by atoms with Gasteiger partial charge < -0.3 is 16.2 Å². The lowest BCUT2D eigenvalue weighted by atomic mass is 10.1. The summed E-state index contributed by atoms with van der Waals surface area (Å²) in [5, 5.41) is 11.7. The Morgan fingerprint density at radius 2 is 2.00 bits per heavy atom. The molecule has 1 aromatic rings. The lowest BCUT2D eigenvalue weighted by Gasteiger charge is -2.16. The SMILES string of the molecule is Cc1ccc([C@@H](C)NCC(N)C(=O)O)cc1. The maximum absolute atomic E-state index is 10.5. The molecule has 0 heterocycles. The summed E-state index contributed by atoms with van der Waals surface area (Å²) in [6.45, 7) is 4.28. The van der Waals surface area contributed by atoms with Crippen molar-refractivity contribution in [2.75, 3.05) is 6.54 Å². The molecule has 0 aliphatic heterocycles. The number of aliphatic carboxylic acids is 1. The van der Waals surface area contributed by atoms with Gasteiger partial charge in [-0.25, -0.2) is 0 Å². The van der Waals surface area contributed by atoms with E-state index in [2.05, 4.69) is 5.32 Å². The van der Waals surface area contributed by atoms with Gasteiger partial charge in [-0.3, -0.25) is 4.79 Å². The zero-order valence-electron chi connectivity index (χ0n) is 9.60.